The molecule has 4 nitrogen and oxygen atoms in total. The molecular weight excluding hydrogens is 242 g/mol. The summed E-state index contributed by atoms with van der Waals surface area (Å²) < 4.78 is 0. The summed E-state index contributed by atoms with van der Waals surface area (Å²) >= 11 is 0. The number of hydrogen-bond donors (Lipinski definition) is 2. The first-order valence-corrected chi connectivity index (χ1v) is 7.66. The molecule has 2 aliphatic carbocycles. The largest absolute Gasteiger partial charge is 0.481 e. The van der Waals surface area contributed by atoms with Gasteiger partial charge in [0.2, 0.25) is 5.91 Å². The van der Waals surface area contributed by atoms with Gasteiger partial charge in [0.05, 0.1) is 5.92 Å². The van der Waals surface area contributed by atoms with Crippen LogP contribution in [0, 0.1) is 17.8 Å². The van der Waals surface area contributed by atoms with Crippen LogP contribution in [0.25, 0.3) is 0 Å². The Bertz CT molecular complexity index is 323. The molecule has 0 bridgehead atoms. The van der Waals surface area contributed by atoms with Gasteiger partial charge in [-0.05, 0) is 37.5 Å². The molecule has 1 amide bonds. The van der Waals surface area contributed by atoms with Crippen LogP contribution in [0.15, 0.2) is 0 Å². The maximum atomic E-state index is 11.9. The van der Waals surface area contributed by atoms with E-state index in [0.29, 0.717) is 18.9 Å². The van der Waals surface area contributed by atoms with Gasteiger partial charge in [0.1, 0.15) is 0 Å². The van der Waals surface area contributed by atoms with Gasteiger partial charge >= 0.3 is 5.97 Å². The molecule has 2 aliphatic rings. The zero-order chi connectivity index (χ0) is 13.7. The highest BCUT2D eigenvalue weighted by Gasteiger charge is 2.32. The number of carboxylic acid groups (broad SMARTS) is 1. The summed E-state index contributed by atoms with van der Waals surface area (Å²) in [6, 6.07) is 0. The molecule has 2 saturated carbocycles. The van der Waals surface area contributed by atoms with Gasteiger partial charge in [-0.25, -0.2) is 0 Å². The Morgan fingerprint density at radius 1 is 1.00 bits per heavy atom. The molecule has 2 fully saturated rings. The molecule has 4 heteroatoms. The van der Waals surface area contributed by atoms with Crippen molar-refractivity contribution < 1.29 is 14.7 Å². The number of hydrogen-bond acceptors (Lipinski definition) is 2. The van der Waals surface area contributed by atoms with Crippen LogP contribution >= 0.6 is 0 Å². The number of carboxylic acids is 1. The van der Waals surface area contributed by atoms with E-state index in [1.54, 1.807) is 0 Å². The topological polar surface area (TPSA) is 66.4 Å². The van der Waals surface area contributed by atoms with Gasteiger partial charge in [-0.2, -0.15) is 0 Å². The van der Waals surface area contributed by atoms with Gasteiger partial charge in [-0.3, -0.25) is 9.59 Å². The van der Waals surface area contributed by atoms with Crippen molar-refractivity contribution in [2.24, 2.45) is 17.8 Å². The van der Waals surface area contributed by atoms with E-state index in [1.807, 2.05) is 0 Å². The van der Waals surface area contributed by atoms with Gasteiger partial charge in [-0.1, -0.05) is 25.7 Å². The Morgan fingerprint density at radius 2 is 1.74 bits per heavy atom. The van der Waals surface area contributed by atoms with E-state index in [-0.39, 0.29) is 17.7 Å². The number of carbonyl (C=O) groups excluding carboxylic acids is 1. The van der Waals surface area contributed by atoms with Crippen molar-refractivity contribution in [1.82, 2.24) is 5.32 Å². The van der Waals surface area contributed by atoms with E-state index in [0.717, 1.165) is 19.3 Å². The molecule has 2 unspecified atom stereocenters. The normalized spacial score (nSPS) is 28.2. The first-order valence-electron chi connectivity index (χ1n) is 7.66. The van der Waals surface area contributed by atoms with E-state index < -0.39 is 5.97 Å². The van der Waals surface area contributed by atoms with E-state index in [1.165, 1.54) is 32.1 Å². The summed E-state index contributed by atoms with van der Waals surface area (Å²) in [4.78, 5) is 22.9. The van der Waals surface area contributed by atoms with Crippen molar-refractivity contribution in [3.05, 3.63) is 0 Å². The fraction of sp³-hybridized carbons (Fsp3) is 0.867. The molecular formula is C15H25NO3. The fourth-order valence-corrected chi connectivity index (χ4v) is 3.58. The Kier molecular flexibility index (Phi) is 5.23. The van der Waals surface area contributed by atoms with Crippen LogP contribution in [-0.4, -0.2) is 23.5 Å². The molecule has 0 spiro atoms. The molecule has 0 aromatic carbocycles. The first kappa shape index (κ1) is 14.4. The lowest BCUT2D eigenvalue weighted by molar-refractivity contribution is -0.143. The van der Waals surface area contributed by atoms with E-state index in [9.17, 15) is 9.59 Å². The zero-order valence-corrected chi connectivity index (χ0v) is 11.6. The maximum absolute atomic E-state index is 11.9. The van der Waals surface area contributed by atoms with Crippen LogP contribution < -0.4 is 5.32 Å². The minimum Gasteiger partial charge on any atom is -0.481 e. The maximum Gasteiger partial charge on any atom is 0.306 e. The van der Waals surface area contributed by atoms with Crippen LogP contribution in [0.1, 0.15) is 57.8 Å². The molecule has 2 N–H and O–H groups in total. The second-order valence-corrected chi connectivity index (χ2v) is 6.15. The van der Waals surface area contributed by atoms with Crippen molar-refractivity contribution >= 4 is 11.9 Å². The van der Waals surface area contributed by atoms with Gasteiger partial charge in [0, 0.05) is 13.0 Å². The summed E-state index contributed by atoms with van der Waals surface area (Å²) in [6.07, 6.45) is 9.46. The Hall–Kier alpha value is -1.06. The van der Waals surface area contributed by atoms with Gasteiger partial charge in [0.25, 0.3) is 0 Å². The Balaban J connectivity index is 1.69. The molecule has 0 radical (unpaired) electrons. The van der Waals surface area contributed by atoms with E-state index in [4.69, 9.17) is 5.11 Å². The van der Waals surface area contributed by atoms with Gasteiger partial charge < -0.3 is 10.4 Å². The highest BCUT2D eigenvalue weighted by molar-refractivity contribution is 5.76. The summed E-state index contributed by atoms with van der Waals surface area (Å²) in [6.45, 7) is 0.544. The summed E-state index contributed by atoms with van der Waals surface area (Å²) in [5.74, 6) is -0.164. The third kappa shape index (κ3) is 4.22. The molecule has 19 heavy (non-hydrogen) atoms. The molecule has 0 saturated heterocycles. The van der Waals surface area contributed by atoms with Crippen molar-refractivity contribution in [3.8, 4) is 0 Å². The van der Waals surface area contributed by atoms with Gasteiger partial charge in [-0.15, -0.1) is 0 Å². The number of rotatable bonds is 5. The summed E-state index contributed by atoms with van der Waals surface area (Å²) in [7, 11) is 0. The summed E-state index contributed by atoms with van der Waals surface area (Å²) in [5, 5.41) is 12.1. The molecule has 2 atom stereocenters. The fourth-order valence-electron chi connectivity index (χ4n) is 3.58. The molecule has 0 aromatic heterocycles. The number of nitrogens with one attached hydrogen (secondary N) is 1. The van der Waals surface area contributed by atoms with Crippen LogP contribution in [0.4, 0.5) is 0 Å². The minimum atomic E-state index is -0.705. The predicted octanol–water partition coefficient (Wildman–Crippen LogP) is 2.57. The Labute approximate surface area is 115 Å². The zero-order valence-electron chi connectivity index (χ0n) is 11.6. The molecule has 0 aliphatic heterocycles. The van der Waals surface area contributed by atoms with Crippen LogP contribution in [0.3, 0.4) is 0 Å². The van der Waals surface area contributed by atoms with Crippen molar-refractivity contribution in [2.75, 3.05) is 6.54 Å². The van der Waals surface area contributed by atoms with E-state index in [2.05, 4.69) is 5.32 Å². The Morgan fingerprint density at radius 3 is 2.42 bits per heavy atom. The predicted molar refractivity (Wildman–Crippen MR) is 72.7 cm³/mol. The average Bonchev–Trinajstić information content (AvgIpc) is 2.86. The number of aliphatic carboxylic acids is 1. The van der Waals surface area contributed by atoms with Crippen LogP contribution in [-0.2, 0) is 9.59 Å². The van der Waals surface area contributed by atoms with Crippen molar-refractivity contribution in [2.45, 2.75) is 57.8 Å². The van der Waals surface area contributed by atoms with E-state index >= 15 is 0 Å². The second kappa shape index (κ2) is 6.92. The molecule has 108 valence electrons. The van der Waals surface area contributed by atoms with Crippen molar-refractivity contribution in [1.29, 1.82) is 0 Å². The monoisotopic (exact) mass is 267 g/mol. The SMILES string of the molecule is O=C(CC1CCCCC1)NCC1CCCC1C(=O)O. The summed E-state index contributed by atoms with van der Waals surface area (Å²) in [5.41, 5.74) is 0. The first-order chi connectivity index (χ1) is 9.16. The minimum absolute atomic E-state index is 0.114. The lowest BCUT2D eigenvalue weighted by Gasteiger charge is -2.22. The third-order valence-electron chi connectivity index (χ3n) is 4.74. The quantitative estimate of drug-likeness (QED) is 0.804. The van der Waals surface area contributed by atoms with Crippen molar-refractivity contribution in [3.63, 3.8) is 0 Å². The smallest absolute Gasteiger partial charge is 0.306 e. The third-order valence-corrected chi connectivity index (χ3v) is 4.74. The highest BCUT2D eigenvalue weighted by atomic mass is 16.4. The average molecular weight is 267 g/mol. The van der Waals surface area contributed by atoms with Gasteiger partial charge in [0.15, 0.2) is 0 Å². The highest BCUT2D eigenvalue weighted by Crippen LogP contribution is 2.31. The number of carbonyl (C=O) groups is 2. The van der Waals surface area contributed by atoms with Crippen LogP contribution in [0.5, 0.6) is 0 Å². The van der Waals surface area contributed by atoms with Crippen LogP contribution in [0.2, 0.25) is 0 Å². The lowest BCUT2D eigenvalue weighted by Crippen LogP contribution is -2.34. The second-order valence-electron chi connectivity index (χ2n) is 6.15. The number of amides is 1. The lowest BCUT2D eigenvalue weighted by atomic mass is 9.87. The standard InChI is InChI=1S/C15H25NO3/c17-14(9-11-5-2-1-3-6-11)16-10-12-7-4-8-13(12)15(18)19/h11-13H,1-10H2,(H,16,17)(H,18,19). The molecule has 0 heterocycles. The molecule has 0 aromatic rings. The molecule has 2 rings (SSSR count).